The third kappa shape index (κ3) is 4.23. The van der Waals surface area contributed by atoms with Gasteiger partial charge in [-0.15, -0.1) is 0 Å². The van der Waals surface area contributed by atoms with Crippen molar-refractivity contribution in [2.24, 2.45) is 5.73 Å². The quantitative estimate of drug-likeness (QED) is 0.549. The van der Waals surface area contributed by atoms with Gasteiger partial charge >= 0.3 is 0 Å². The van der Waals surface area contributed by atoms with Crippen LogP contribution < -0.4 is 5.73 Å². The molecule has 1 saturated heterocycles. The monoisotopic (exact) mass is 294 g/mol. The molecule has 0 amide bonds. The number of amidine groups is 1. The van der Waals surface area contributed by atoms with Gasteiger partial charge < -0.3 is 10.8 Å². The number of halogens is 1. The molecule has 2 rings (SSSR count). The molecular formula is C15H23FN4O. The van der Waals surface area contributed by atoms with Crippen molar-refractivity contribution in [3.63, 3.8) is 0 Å². The van der Waals surface area contributed by atoms with Gasteiger partial charge in [0.1, 0.15) is 11.7 Å². The first-order chi connectivity index (χ1) is 10.1. The lowest BCUT2D eigenvalue weighted by Gasteiger charge is -2.21. The topological polar surface area (TPSA) is 76.6 Å². The van der Waals surface area contributed by atoms with Crippen molar-refractivity contribution in [2.45, 2.75) is 13.0 Å². The molecule has 1 fully saturated rings. The molecule has 0 bridgehead atoms. The van der Waals surface area contributed by atoms with Crippen LogP contribution in [0.3, 0.4) is 0 Å². The summed E-state index contributed by atoms with van der Waals surface area (Å²) in [6, 6.07) is 5.02. The number of nitrogens with zero attached hydrogens (tertiary/aromatic N) is 2. The number of nitrogens with two attached hydrogens (primary N) is 1. The SMILES string of the molecule is N=C(N)c1cccc(CN2CCCN(CCO)CC2)c1F. The summed E-state index contributed by atoms with van der Waals surface area (Å²) >= 11 is 0. The molecule has 21 heavy (non-hydrogen) atoms. The Balaban J connectivity index is 2.02. The Labute approximate surface area is 124 Å². The predicted molar refractivity (Wildman–Crippen MR) is 80.8 cm³/mol. The average molecular weight is 294 g/mol. The van der Waals surface area contributed by atoms with E-state index in [0.717, 1.165) is 32.6 Å². The van der Waals surface area contributed by atoms with E-state index in [2.05, 4.69) is 9.80 Å². The summed E-state index contributed by atoms with van der Waals surface area (Å²) in [4.78, 5) is 4.43. The third-order valence-electron chi connectivity index (χ3n) is 3.86. The molecule has 0 saturated carbocycles. The molecule has 1 aromatic carbocycles. The lowest BCUT2D eigenvalue weighted by molar-refractivity contribution is 0.195. The van der Waals surface area contributed by atoms with Gasteiger partial charge in [0.05, 0.1) is 12.2 Å². The van der Waals surface area contributed by atoms with Crippen LogP contribution in [-0.4, -0.2) is 60.1 Å². The second-order valence-electron chi connectivity index (χ2n) is 5.39. The summed E-state index contributed by atoms with van der Waals surface area (Å²) in [5, 5.41) is 16.4. The highest BCUT2D eigenvalue weighted by atomic mass is 19.1. The normalized spacial score (nSPS) is 17.6. The van der Waals surface area contributed by atoms with Gasteiger partial charge in [0.2, 0.25) is 0 Å². The van der Waals surface area contributed by atoms with E-state index >= 15 is 0 Å². The largest absolute Gasteiger partial charge is 0.395 e. The number of β-amino-alcohol motifs (C(OH)–C–C–N with tert-alkyl or cyclic N) is 1. The minimum atomic E-state index is -0.388. The summed E-state index contributed by atoms with van der Waals surface area (Å²) in [5.41, 5.74) is 6.14. The van der Waals surface area contributed by atoms with Gasteiger partial charge in [0.15, 0.2) is 0 Å². The van der Waals surface area contributed by atoms with E-state index in [9.17, 15) is 4.39 Å². The molecule has 1 aliphatic rings. The minimum Gasteiger partial charge on any atom is -0.395 e. The van der Waals surface area contributed by atoms with Gasteiger partial charge in [-0.2, -0.15) is 0 Å². The highest BCUT2D eigenvalue weighted by Gasteiger charge is 2.17. The fourth-order valence-electron chi connectivity index (χ4n) is 2.70. The Kier molecular flexibility index (Phi) is 5.67. The van der Waals surface area contributed by atoms with Gasteiger partial charge in [0, 0.05) is 31.7 Å². The molecule has 116 valence electrons. The van der Waals surface area contributed by atoms with Crippen LogP contribution in [0.1, 0.15) is 17.5 Å². The minimum absolute atomic E-state index is 0.171. The van der Waals surface area contributed by atoms with Crippen LogP contribution in [0.4, 0.5) is 4.39 Å². The molecule has 1 aromatic rings. The Morgan fingerprint density at radius 2 is 1.95 bits per heavy atom. The number of hydrogen-bond donors (Lipinski definition) is 3. The summed E-state index contributed by atoms with van der Waals surface area (Å²) in [6.07, 6.45) is 1.01. The van der Waals surface area contributed by atoms with Crippen molar-refractivity contribution in [3.05, 3.63) is 35.1 Å². The Morgan fingerprint density at radius 1 is 1.24 bits per heavy atom. The summed E-state index contributed by atoms with van der Waals surface area (Å²) in [6.45, 7) is 5.01. The maximum Gasteiger partial charge on any atom is 0.138 e. The van der Waals surface area contributed by atoms with Crippen LogP contribution in [-0.2, 0) is 6.54 Å². The molecule has 4 N–H and O–H groups in total. The van der Waals surface area contributed by atoms with Crippen molar-refractivity contribution in [3.8, 4) is 0 Å². The number of benzene rings is 1. The molecule has 6 heteroatoms. The van der Waals surface area contributed by atoms with Crippen molar-refractivity contribution in [2.75, 3.05) is 39.3 Å². The third-order valence-corrected chi connectivity index (χ3v) is 3.86. The maximum absolute atomic E-state index is 14.3. The number of nitrogen functional groups attached to an aromatic ring is 1. The Hall–Kier alpha value is -1.50. The predicted octanol–water partition coefficient (Wildman–Crippen LogP) is 0.610. The highest BCUT2D eigenvalue weighted by molar-refractivity contribution is 5.95. The molecule has 0 aliphatic carbocycles. The molecule has 1 heterocycles. The van der Waals surface area contributed by atoms with Crippen molar-refractivity contribution < 1.29 is 9.50 Å². The fourth-order valence-corrected chi connectivity index (χ4v) is 2.70. The first-order valence-corrected chi connectivity index (χ1v) is 7.29. The zero-order valence-electron chi connectivity index (χ0n) is 12.2. The van der Waals surface area contributed by atoms with E-state index in [-0.39, 0.29) is 23.8 Å². The zero-order valence-corrected chi connectivity index (χ0v) is 12.2. The molecule has 0 unspecified atom stereocenters. The van der Waals surface area contributed by atoms with Crippen LogP contribution in [0.15, 0.2) is 18.2 Å². The van der Waals surface area contributed by atoms with E-state index in [1.807, 2.05) is 0 Å². The number of rotatable bonds is 5. The van der Waals surface area contributed by atoms with Crippen LogP contribution >= 0.6 is 0 Å². The van der Waals surface area contributed by atoms with Crippen LogP contribution in [0.25, 0.3) is 0 Å². The molecule has 0 atom stereocenters. The molecule has 0 spiro atoms. The second-order valence-corrected chi connectivity index (χ2v) is 5.39. The van der Waals surface area contributed by atoms with Crippen molar-refractivity contribution in [1.82, 2.24) is 9.80 Å². The standard InChI is InChI=1S/C15H23FN4O/c16-14-12(3-1-4-13(14)15(17)18)11-20-6-2-5-19(7-8-20)9-10-21/h1,3-4,21H,2,5-11H2,(H3,17,18). The van der Waals surface area contributed by atoms with Gasteiger partial charge in [-0.05, 0) is 25.6 Å². The van der Waals surface area contributed by atoms with E-state index < -0.39 is 0 Å². The number of aliphatic hydroxyl groups excluding tert-OH is 1. The molecule has 0 aromatic heterocycles. The Morgan fingerprint density at radius 3 is 2.67 bits per heavy atom. The van der Waals surface area contributed by atoms with Gasteiger partial charge in [0.25, 0.3) is 0 Å². The smallest absolute Gasteiger partial charge is 0.138 e. The van der Waals surface area contributed by atoms with Crippen molar-refractivity contribution in [1.29, 1.82) is 5.41 Å². The summed E-state index contributed by atoms with van der Waals surface area (Å²) in [5.74, 6) is -0.624. The van der Waals surface area contributed by atoms with E-state index in [1.165, 1.54) is 6.07 Å². The number of nitrogens with one attached hydrogen (secondary N) is 1. The molecule has 1 aliphatic heterocycles. The van der Waals surface area contributed by atoms with Crippen molar-refractivity contribution >= 4 is 5.84 Å². The van der Waals surface area contributed by atoms with Gasteiger partial charge in [-0.1, -0.05) is 12.1 Å². The van der Waals surface area contributed by atoms with E-state index in [4.69, 9.17) is 16.2 Å². The maximum atomic E-state index is 14.3. The van der Waals surface area contributed by atoms with E-state index in [0.29, 0.717) is 18.7 Å². The Bertz CT molecular complexity index is 495. The van der Waals surface area contributed by atoms with Gasteiger partial charge in [-0.3, -0.25) is 15.2 Å². The van der Waals surface area contributed by atoms with Crippen LogP contribution in [0.5, 0.6) is 0 Å². The summed E-state index contributed by atoms with van der Waals surface area (Å²) in [7, 11) is 0. The number of hydrogen-bond acceptors (Lipinski definition) is 4. The van der Waals surface area contributed by atoms with Gasteiger partial charge in [-0.25, -0.2) is 4.39 Å². The summed E-state index contributed by atoms with van der Waals surface area (Å²) < 4.78 is 14.3. The zero-order chi connectivity index (χ0) is 15.2. The lowest BCUT2D eigenvalue weighted by Crippen LogP contribution is -2.32. The molecule has 0 radical (unpaired) electrons. The second kappa shape index (κ2) is 7.49. The number of aliphatic hydroxyl groups is 1. The van der Waals surface area contributed by atoms with E-state index in [1.54, 1.807) is 12.1 Å². The molecular weight excluding hydrogens is 271 g/mol. The lowest BCUT2D eigenvalue weighted by atomic mass is 10.1. The average Bonchev–Trinajstić information content (AvgIpc) is 2.67. The first kappa shape index (κ1) is 15.9. The first-order valence-electron chi connectivity index (χ1n) is 7.29. The fraction of sp³-hybridized carbons (Fsp3) is 0.533. The molecule has 5 nitrogen and oxygen atoms in total. The van der Waals surface area contributed by atoms with Crippen LogP contribution in [0, 0.1) is 11.2 Å². The van der Waals surface area contributed by atoms with Crippen LogP contribution in [0.2, 0.25) is 0 Å². The highest BCUT2D eigenvalue weighted by Crippen LogP contribution is 2.16.